The maximum Gasteiger partial charge on any atom is 0.266 e. The topological polar surface area (TPSA) is 50.6 Å². The van der Waals surface area contributed by atoms with Gasteiger partial charge in [-0.3, -0.25) is 9.69 Å². The molecule has 0 N–H and O–H groups in total. The second-order valence-electron chi connectivity index (χ2n) is 7.28. The van der Waals surface area contributed by atoms with Crippen molar-refractivity contribution >= 4 is 11.6 Å². The number of carbonyl (C=O) groups is 1. The average Bonchev–Trinajstić information content (AvgIpc) is 3.16. The molecule has 1 amide bonds. The summed E-state index contributed by atoms with van der Waals surface area (Å²) in [6.45, 7) is 4.66. The lowest BCUT2D eigenvalue weighted by molar-refractivity contribution is -0.128. The Morgan fingerprint density at radius 1 is 0.964 bits per heavy atom. The third-order valence-electron chi connectivity index (χ3n) is 5.47. The summed E-state index contributed by atoms with van der Waals surface area (Å²) in [4.78, 5) is 19.1. The summed E-state index contributed by atoms with van der Waals surface area (Å²) in [6, 6.07) is 20.7. The highest BCUT2D eigenvalue weighted by Crippen LogP contribution is 2.28. The van der Waals surface area contributed by atoms with E-state index < -0.39 is 0 Å². The quantitative estimate of drug-likeness (QED) is 0.612. The number of hydrogen-bond acceptors (Lipinski definition) is 4. The SMILES string of the molecule is N#C/C(=C/N1CCc2ccccc21)C(=O)N1CCN(Cc2ccccc2)CC1. The monoisotopic (exact) mass is 372 g/mol. The van der Waals surface area contributed by atoms with E-state index in [9.17, 15) is 10.1 Å². The first-order chi connectivity index (χ1) is 13.7. The number of carbonyl (C=O) groups excluding carboxylic acids is 1. The molecule has 0 bridgehead atoms. The number of anilines is 1. The van der Waals surface area contributed by atoms with Crippen LogP contribution in [0.25, 0.3) is 0 Å². The number of amides is 1. The van der Waals surface area contributed by atoms with Crippen molar-refractivity contribution in [2.24, 2.45) is 0 Å². The van der Waals surface area contributed by atoms with Gasteiger partial charge in [-0.15, -0.1) is 0 Å². The smallest absolute Gasteiger partial charge is 0.266 e. The molecule has 0 aliphatic carbocycles. The van der Waals surface area contributed by atoms with Crippen molar-refractivity contribution in [1.29, 1.82) is 5.26 Å². The summed E-state index contributed by atoms with van der Waals surface area (Å²) >= 11 is 0. The van der Waals surface area contributed by atoms with Gasteiger partial charge < -0.3 is 9.80 Å². The molecule has 28 heavy (non-hydrogen) atoms. The molecule has 5 heteroatoms. The van der Waals surface area contributed by atoms with E-state index in [0.29, 0.717) is 13.1 Å². The van der Waals surface area contributed by atoms with Crippen molar-refractivity contribution in [1.82, 2.24) is 9.80 Å². The lowest BCUT2D eigenvalue weighted by Gasteiger charge is -2.34. The largest absolute Gasteiger partial charge is 0.346 e. The molecule has 0 spiro atoms. The molecule has 1 fully saturated rings. The molecule has 1 saturated heterocycles. The van der Waals surface area contributed by atoms with Crippen molar-refractivity contribution in [3.05, 3.63) is 77.5 Å². The van der Waals surface area contributed by atoms with Gasteiger partial charge >= 0.3 is 0 Å². The Morgan fingerprint density at radius 2 is 1.68 bits per heavy atom. The summed E-state index contributed by atoms with van der Waals surface area (Å²) in [6.07, 6.45) is 2.67. The Morgan fingerprint density at radius 3 is 2.43 bits per heavy atom. The third kappa shape index (κ3) is 3.92. The minimum atomic E-state index is -0.161. The molecular weight excluding hydrogens is 348 g/mol. The van der Waals surface area contributed by atoms with E-state index in [-0.39, 0.29) is 11.5 Å². The van der Waals surface area contributed by atoms with Crippen molar-refractivity contribution in [3.63, 3.8) is 0 Å². The molecule has 142 valence electrons. The van der Waals surface area contributed by atoms with Crippen molar-refractivity contribution in [2.45, 2.75) is 13.0 Å². The Balaban J connectivity index is 1.38. The predicted molar refractivity (Wildman–Crippen MR) is 109 cm³/mol. The first-order valence-corrected chi connectivity index (χ1v) is 9.76. The molecule has 2 aliphatic rings. The molecular formula is C23H24N4O. The molecule has 0 unspecified atom stereocenters. The van der Waals surface area contributed by atoms with E-state index in [2.05, 4.69) is 41.3 Å². The van der Waals surface area contributed by atoms with Gasteiger partial charge in [0.2, 0.25) is 0 Å². The van der Waals surface area contributed by atoms with Crippen LogP contribution in [0.1, 0.15) is 11.1 Å². The summed E-state index contributed by atoms with van der Waals surface area (Å²) in [5.74, 6) is -0.161. The second-order valence-corrected chi connectivity index (χ2v) is 7.28. The van der Waals surface area contributed by atoms with Crippen LogP contribution in [-0.4, -0.2) is 48.4 Å². The second kappa shape index (κ2) is 8.28. The summed E-state index contributed by atoms with van der Waals surface area (Å²) in [5.41, 5.74) is 3.86. The Kier molecular flexibility index (Phi) is 5.41. The highest BCUT2D eigenvalue weighted by Gasteiger charge is 2.25. The number of rotatable bonds is 4. The lowest BCUT2D eigenvalue weighted by atomic mass is 10.1. The number of benzene rings is 2. The first kappa shape index (κ1) is 18.3. The van der Waals surface area contributed by atoms with Gasteiger partial charge in [0, 0.05) is 51.2 Å². The van der Waals surface area contributed by atoms with E-state index in [1.54, 1.807) is 11.1 Å². The van der Waals surface area contributed by atoms with Crippen molar-refractivity contribution < 1.29 is 4.79 Å². The molecule has 0 saturated carbocycles. The molecule has 0 radical (unpaired) electrons. The normalized spacial score (nSPS) is 17.3. The zero-order valence-corrected chi connectivity index (χ0v) is 15.9. The Bertz CT molecular complexity index is 908. The number of fused-ring (bicyclic) bond motifs is 1. The standard InChI is InChI=1S/C23H24N4O/c24-16-21(18-27-11-10-20-8-4-5-9-22(20)27)23(28)26-14-12-25(13-15-26)17-19-6-2-1-3-7-19/h1-9,18H,10-15,17H2/b21-18-. The predicted octanol–water partition coefficient (Wildman–Crippen LogP) is 2.80. The minimum absolute atomic E-state index is 0.161. The molecule has 2 aromatic rings. The van der Waals surface area contributed by atoms with Gasteiger partial charge in [0.15, 0.2) is 0 Å². The van der Waals surface area contributed by atoms with Gasteiger partial charge in [0.1, 0.15) is 11.6 Å². The molecule has 2 heterocycles. The molecule has 0 aromatic heterocycles. The van der Waals surface area contributed by atoms with E-state index >= 15 is 0 Å². The van der Waals surface area contributed by atoms with Crippen LogP contribution in [0.2, 0.25) is 0 Å². The van der Waals surface area contributed by atoms with Crippen LogP contribution < -0.4 is 4.90 Å². The highest BCUT2D eigenvalue weighted by atomic mass is 16.2. The summed E-state index contributed by atoms with van der Waals surface area (Å²) < 4.78 is 0. The van der Waals surface area contributed by atoms with Crippen LogP contribution in [0.3, 0.4) is 0 Å². The number of piperazine rings is 1. The fraction of sp³-hybridized carbons (Fsp3) is 0.304. The Labute approximate surface area is 166 Å². The lowest BCUT2D eigenvalue weighted by Crippen LogP contribution is -2.48. The number of hydrogen-bond donors (Lipinski definition) is 0. The number of nitrogens with zero attached hydrogens (tertiary/aromatic N) is 4. The number of para-hydroxylation sites is 1. The minimum Gasteiger partial charge on any atom is -0.346 e. The van der Waals surface area contributed by atoms with E-state index in [1.165, 1.54) is 11.1 Å². The highest BCUT2D eigenvalue weighted by molar-refractivity contribution is 5.97. The van der Waals surface area contributed by atoms with Crippen LogP contribution >= 0.6 is 0 Å². The van der Waals surface area contributed by atoms with Crippen LogP contribution in [-0.2, 0) is 17.8 Å². The van der Waals surface area contributed by atoms with Crippen LogP contribution in [0, 0.1) is 11.3 Å². The molecule has 5 nitrogen and oxygen atoms in total. The van der Waals surface area contributed by atoms with E-state index in [0.717, 1.165) is 38.3 Å². The van der Waals surface area contributed by atoms with Crippen molar-refractivity contribution in [2.75, 3.05) is 37.6 Å². The van der Waals surface area contributed by atoms with Crippen LogP contribution in [0.15, 0.2) is 66.4 Å². The number of nitriles is 1. The van der Waals surface area contributed by atoms with Gasteiger partial charge in [-0.05, 0) is 23.6 Å². The zero-order valence-electron chi connectivity index (χ0n) is 15.9. The van der Waals surface area contributed by atoms with E-state index in [1.807, 2.05) is 29.2 Å². The maximum absolute atomic E-state index is 12.9. The van der Waals surface area contributed by atoms with Gasteiger partial charge in [-0.2, -0.15) is 5.26 Å². The van der Waals surface area contributed by atoms with Crippen molar-refractivity contribution in [3.8, 4) is 6.07 Å². The average molecular weight is 372 g/mol. The van der Waals surface area contributed by atoms with Gasteiger partial charge in [0.05, 0.1) is 0 Å². The molecule has 2 aromatic carbocycles. The van der Waals surface area contributed by atoms with E-state index in [4.69, 9.17) is 0 Å². The summed E-state index contributed by atoms with van der Waals surface area (Å²) in [5, 5.41) is 9.58. The molecule has 2 aliphatic heterocycles. The maximum atomic E-state index is 12.9. The van der Waals surface area contributed by atoms with Crippen LogP contribution in [0.5, 0.6) is 0 Å². The summed E-state index contributed by atoms with van der Waals surface area (Å²) in [7, 11) is 0. The fourth-order valence-corrected chi connectivity index (χ4v) is 3.91. The van der Waals surface area contributed by atoms with Gasteiger partial charge in [-0.25, -0.2) is 0 Å². The third-order valence-corrected chi connectivity index (χ3v) is 5.47. The van der Waals surface area contributed by atoms with Gasteiger partial charge in [0.25, 0.3) is 5.91 Å². The first-order valence-electron chi connectivity index (χ1n) is 9.76. The Hall–Kier alpha value is -3.10. The fourth-order valence-electron chi connectivity index (χ4n) is 3.91. The van der Waals surface area contributed by atoms with Crippen LogP contribution in [0.4, 0.5) is 5.69 Å². The molecule has 0 atom stereocenters. The zero-order chi connectivity index (χ0) is 19.3. The molecule has 4 rings (SSSR count). The van der Waals surface area contributed by atoms with Gasteiger partial charge in [-0.1, -0.05) is 48.5 Å².